The lowest BCUT2D eigenvalue weighted by atomic mass is 9.80. The van der Waals surface area contributed by atoms with Crippen LogP contribution < -0.4 is 0 Å². The van der Waals surface area contributed by atoms with Crippen molar-refractivity contribution in [2.45, 2.75) is 19.3 Å². The van der Waals surface area contributed by atoms with E-state index in [4.69, 9.17) is 15.0 Å². The molecule has 1 heterocycles. The normalized spacial score (nSPS) is 12.9. The van der Waals surface area contributed by atoms with Gasteiger partial charge in [0, 0.05) is 22.1 Å². The van der Waals surface area contributed by atoms with Gasteiger partial charge in [-0.2, -0.15) is 0 Å². The van der Waals surface area contributed by atoms with E-state index in [1.165, 1.54) is 44.2 Å². The fourth-order valence-corrected chi connectivity index (χ4v) is 7.41. The Bertz CT molecular complexity index is 2500. The quantitative estimate of drug-likeness (QED) is 0.191. The predicted molar refractivity (Wildman–Crippen MR) is 202 cm³/mol. The van der Waals surface area contributed by atoms with Crippen LogP contribution in [0.4, 0.5) is 0 Å². The molecule has 3 nitrogen and oxygen atoms in total. The number of hydrogen-bond acceptors (Lipinski definition) is 3. The maximum Gasteiger partial charge on any atom is 0.164 e. The lowest BCUT2D eigenvalue weighted by Gasteiger charge is -2.23. The highest BCUT2D eigenvalue weighted by Crippen LogP contribution is 2.53. The second-order valence-corrected chi connectivity index (χ2v) is 13.3. The molecule has 1 aliphatic rings. The summed E-state index contributed by atoms with van der Waals surface area (Å²) in [5.74, 6) is 1.95. The summed E-state index contributed by atoms with van der Waals surface area (Å²) in [6.45, 7) is 4.69. The summed E-state index contributed by atoms with van der Waals surface area (Å²) in [7, 11) is 0. The summed E-state index contributed by atoms with van der Waals surface area (Å²) >= 11 is 0. The van der Waals surface area contributed by atoms with Crippen LogP contribution in [0.25, 0.3) is 78.3 Å². The van der Waals surface area contributed by atoms with E-state index in [0.717, 1.165) is 27.8 Å². The minimum Gasteiger partial charge on any atom is -0.208 e. The zero-order valence-electron chi connectivity index (χ0n) is 27.4. The van der Waals surface area contributed by atoms with E-state index in [1.807, 2.05) is 36.4 Å². The van der Waals surface area contributed by atoms with Gasteiger partial charge in [0.2, 0.25) is 0 Å². The van der Waals surface area contributed by atoms with Crippen LogP contribution in [-0.2, 0) is 5.41 Å². The Morgan fingerprint density at radius 2 is 0.837 bits per heavy atom. The monoisotopic (exact) mass is 627 g/mol. The number of rotatable bonds is 5. The maximum atomic E-state index is 5.08. The molecule has 0 unspecified atom stereocenters. The van der Waals surface area contributed by atoms with Crippen molar-refractivity contribution in [2.24, 2.45) is 0 Å². The fraction of sp³-hybridized carbons (Fsp3) is 0.0652. The van der Waals surface area contributed by atoms with Crippen molar-refractivity contribution in [3.63, 3.8) is 0 Å². The largest absolute Gasteiger partial charge is 0.208 e. The smallest absolute Gasteiger partial charge is 0.164 e. The van der Waals surface area contributed by atoms with Gasteiger partial charge in [-0.25, -0.2) is 15.0 Å². The van der Waals surface area contributed by atoms with Crippen molar-refractivity contribution in [3.8, 4) is 67.5 Å². The molecule has 0 saturated carbocycles. The van der Waals surface area contributed by atoms with Crippen molar-refractivity contribution < 1.29 is 0 Å². The van der Waals surface area contributed by atoms with Crippen molar-refractivity contribution in [1.29, 1.82) is 0 Å². The van der Waals surface area contributed by atoms with Gasteiger partial charge >= 0.3 is 0 Å². The van der Waals surface area contributed by atoms with Crippen LogP contribution in [0.1, 0.15) is 25.0 Å². The molecular formula is C46H33N3. The van der Waals surface area contributed by atoms with Gasteiger partial charge in [-0.05, 0) is 67.4 Å². The minimum absolute atomic E-state index is 0.105. The molecule has 0 fully saturated rings. The Kier molecular flexibility index (Phi) is 6.80. The van der Waals surface area contributed by atoms with Crippen LogP contribution in [0.3, 0.4) is 0 Å². The summed E-state index contributed by atoms with van der Waals surface area (Å²) in [5, 5.41) is 2.52. The topological polar surface area (TPSA) is 38.7 Å². The third-order valence-electron chi connectivity index (χ3n) is 9.94. The Labute approximate surface area is 286 Å². The van der Waals surface area contributed by atoms with Gasteiger partial charge < -0.3 is 0 Å². The van der Waals surface area contributed by atoms with Gasteiger partial charge in [0.1, 0.15) is 0 Å². The second kappa shape index (κ2) is 11.5. The minimum atomic E-state index is -0.105. The number of aromatic nitrogens is 3. The summed E-state index contributed by atoms with van der Waals surface area (Å²) in [6.07, 6.45) is 0. The summed E-state index contributed by atoms with van der Waals surface area (Å²) in [4.78, 5) is 15.1. The van der Waals surface area contributed by atoms with Gasteiger partial charge in [-0.1, -0.05) is 166 Å². The summed E-state index contributed by atoms with van der Waals surface area (Å²) < 4.78 is 0. The van der Waals surface area contributed by atoms with E-state index in [2.05, 4.69) is 141 Å². The molecule has 49 heavy (non-hydrogen) atoms. The Morgan fingerprint density at radius 3 is 1.55 bits per heavy atom. The number of benzene rings is 7. The van der Waals surface area contributed by atoms with Crippen LogP contribution in [0.2, 0.25) is 0 Å². The van der Waals surface area contributed by atoms with Crippen molar-refractivity contribution in [2.75, 3.05) is 0 Å². The lowest BCUT2D eigenvalue weighted by Crippen LogP contribution is -2.15. The first kappa shape index (κ1) is 29.0. The van der Waals surface area contributed by atoms with E-state index >= 15 is 0 Å². The van der Waals surface area contributed by atoms with E-state index < -0.39 is 0 Å². The molecule has 0 atom stereocenters. The zero-order valence-corrected chi connectivity index (χ0v) is 27.4. The van der Waals surface area contributed by atoms with Crippen LogP contribution in [-0.4, -0.2) is 15.0 Å². The van der Waals surface area contributed by atoms with Gasteiger partial charge in [0.05, 0.1) is 0 Å². The van der Waals surface area contributed by atoms with Gasteiger partial charge in [-0.3, -0.25) is 0 Å². The average Bonchev–Trinajstić information content (AvgIpc) is 3.41. The SMILES string of the molecule is CC1(C)c2ccccc2-c2c1cc(-c1cccc(-c3nc(-c4ccccc4)nc(-c4ccc(-c5ccccc5)cc4)n3)c1)c1ccccc21. The second-order valence-electron chi connectivity index (χ2n) is 13.3. The fourth-order valence-electron chi connectivity index (χ4n) is 7.41. The van der Waals surface area contributed by atoms with Crippen LogP contribution in [0.15, 0.2) is 164 Å². The van der Waals surface area contributed by atoms with Crippen molar-refractivity contribution in [1.82, 2.24) is 15.0 Å². The molecule has 0 aliphatic heterocycles. The molecular weight excluding hydrogens is 595 g/mol. The van der Waals surface area contributed by atoms with Gasteiger partial charge in [0.15, 0.2) is 17.5 Å². The Morgan fingerprint density at radius 1 is 0.347 bits per heavy atom. The number of hydrogen-bond donors (Lipinski definition) is 0. The molecule has 0 saturated heterocycles. The van der Waals surface area contributed by atoms with E-state index in [9.17, 15) is 0 Å². The third-order valence-corrected chi connectivity index (χ3v) is 9.94. The standard InChI is InChI=1S/C46H33N3/c1-46(2)40-23-12-11-22-38(40)42-37-21-10-9-20-36(37)39(29-41(42)46)34-18-13-19-35(28-34)45-48-43(32-16-7-4-8-17-32)47-44(49-45)33-26-24-31(25-27-33)30-14-5-3-6-15-30/h3-29H,1-2H3. The first-order valence-corrected chi connectivity index (χ1v) is 16.8. The molecule has 0 radical (unpaired) electrons. The molecule has 8 aromatic rings. The third kappa shape index (κ3) is 4.94. The molecule has 1 aromatic heterocycles. The molecule has 3 heteroatoms. The molecule has 7 aromatic carbocycles. The molecule has 1 aliphatic carbocycles. The Hall–Kier alpha value is -6.19. The molecule has 0 spiro atoms. The van der Waals surface area contributed by atoms with E-state index in [0.29, 0.717) is 17.5 Å². The van der Waals surface area contributed by atoms with E-state index in [-0.39, 0.29) is 5.41 Å². The average molecular weight is 628 g/mol. The molecule has 0 amide bonds. The summed E-state index contributed by atoms with van der Waals surface area (Å²) in [5.41, 5.74) is 12.9. The first-order chi connectivity index (χ1) is 24.0. The zero-order chi connectivity index (χ0) is 33.0. The Balaban J connectivity index is 1.19. The first-order valence-electron chi connectivity index (χ1n) is 16.8. The van der Waals surface area contributed by atoms with E-state index in [1.54, 1.807) is 0 Å². The van der Waals surface area contributed by atoms with Crippen LogP contribution >= 0.6 is 0 Å². The highest BCUT2D eigenvalue weighted by molar-refractivity contribution is 6.09. The molecule has 9 rings (SSSR count). The lowest BCUT2D eigenvalue weighted by molar-refractivity contribution is 0.661. The highest BCUT2D eigenvalue weighted by atomic mass is 15.0. The van der Waals surface area contributed by atoms with Crippen molar-refractivity contribution >= 4 is 10.8 Å². The van der Waals surface area contributed by atoms with Crippen LogP contribution in [0, 0.1) is 0 Å². The predicted octanol–water partition coefficient (Wildman–Crippen LogP) is 11.7. The molecule has 0 N–H and O–H groups in total. The maximum absolute atomic E-state index is 5.08. The number of nitrogens with zero attached hydrogens (tertiary/aromatic N) is 3. The molecule has 232 valence electrons. The van der Waals surface area contributed by atoms with Crippen molar-refractivity contribution in [3.05, 3.63) is 175 Å². The number of fused-ring (bicyclic) bond motifs is 5. The van der Waals surface area contributed by atoms with Crippen LogP contribution in [0.5, 0.6) is 0 Å². The van der Waals surface area contributed by atoms with Gasteiger partial charge in [0.25, 0.3) is 0 Å². The van der Waals surface area contributed by atoms with Gasteiger partial charge in [-0.15, -0.1) is 0 Å². The molecule has 0 bridgehead atoms. The highest BCUT2D eigenvalue weighted by Gasteiger charge is 2.36. The summed E-state index contributed by atoms with van der Waals surface area (Å²) in [6, 6.07) is 57.8.